The topological polar surface area (TPSA) is 98.8 Å². The Morgan fingerprint density at radius 3 is 2.36 bits per heavy atom. The summed E-state index contributed by atoms with van der Waals surface area (Å²) in [5.74, 6) is -0.937. The number of piperidine rings is 1. The first kappa shape index (κ1) is 24.2. The molecule has 3 amide bonds. The molecule has 8 nitrogen and oxygen atoms in total. The highest BCUT2D eigenvalue weighted by Gasteiger charge is 2.51. The second-order valence-electron chi connectivity index (χ2n) is 10.5. The Bertz CT molecular complexity index is 762. The van der Waals surface area contributed by atoms with E-state index in [0.717, 1.165) is 58.0 Å². The molecule has 33 heavy (non-hydrogen) atoms. The Hall–Kier alpha value is -1.96. The summed E-state index contributed by atoms with van der Waals surface area (Å²) in [6, 6.07) is -1.52. The summed E-state index contributed by atoms with van der Waals surface area (Å²) < 4.78 is 0. The molecule has 2 saturated heterocycles. The summed E-state index contributed by atoms with van der Waals surface area (Å²) >= 11 is 0. The zero-order valence-corrected chi connectivity index (χ0v) is 20.2. The second-order valence-corrected chi connectivity index (χ2v) is 10.5. The van der Waals surface area contributed by atoms with E-state index in [9.17, 15) is 19.2 Å². The smallest absolute Gasteiger partial charge is 0.289 e. The summed E-state index contributed by atoms with van der Waals surface area (Å²) in [5, 5.41) is 5.63. The van der Waals surface area contributed by atoms with Gasteiger partial charge in [0.15, 0.2) is 0 Å². The highest BCUT2D eigenvalue weighted by atomic mass is 16.2. The van der Waals surface area contributed by atoms with Gasteiger partial charge in [0.1, 0.15) is 6.04 Å². The number of likely N-dealkylation sites (tertiary alicyclic amines) is 2. The minimum atomic E-state index is -0.835. The molecule has 4 fully saturated rings. The molecule has 4 unspecified atom stereocenters. The van der Waals surface area contributed by atoms with Crippen LogP contribution >= 0.6 is 0 Å². The molecule has 4 rings (SSSR count). The fourth-order valence-electron chi connectivity index (χ4n) is 6.03. The number of amides is 3. The lowest BCUT2D eigenvalue weighted by Gasteiger charge is -2.36. The van der Waals surface area contributed by atoms with Gasteiger partial charge in [-0.3, -0.25) is 24.1 Å². The lowest BCUT2D eigenvalue weighted by molar-refractivity contribution is -0.145. The molecular formula is C25H40N4O4. The Kier molecular flexibility index (Phi) is 7.72. The molecular weight excluding hydrogens is 420 g/mol. The van der Waals surface area contributed by atoms with Crippen LogP contribution in [0.3, 0.4) is 0 Å². The van der Waals surface area contributed by atoms with E-state index >= 15 is 0 Å². The van der Waals surface area contributed by atoms with Crippen LogP contribution in [0.5, 0.6) is 0 Å². The van der Waals surface area contributed by atoms with Gasteiger partial charge < -0.3 is 15.5 Å². The SMILES string of the molecule is CCCC(NC(=O)C1C2CCCC2CN1C(=O)[C@@H](C)N1CCCCC1)C(=O)C(=O)NC1CC1. The number of Topliss-reactive ketones (excluding diaryl/α,β-unsaturated/α-hetero) is 1. The molecule has 0 aromatic heterocycles. The minimum Gasteiger partial charge on any atom is -0.347 e. The van der Waals surface area contributed by atoms with E-state index in [1.54, 1.807) is 4.90 Å². The maximum atomic E-state index is 13.5. The normalized spacial score (nSPS) is 29.3. The first-order valence-corrected chi connectivity index (χ1v) is 13.1. The lowest BCUT2D eigenvalue weighted by Crippen LogP contribution is -2.57. The number of ketones is 1. The van der Waals surface area contributed by atoms with Crippen LogP contribution in [-0.2, 0) is 19.2 Å². The monoisotopic (exact) mass is 460 g/mol. The molecule has 0 aromatic rings. The Morgan fingerprint density at radius 2 is 1.70 bits per heavy atom. The van der Waals surface area contributed by atoms with Crippen molar-refractivity contribution in [1.82, 2.24) is 20.4 Å². The number of fused-ring (bicyclic) bond motifs is 1. The molecule has 0 radical (unpaired) electrons. The number of hydrogen-bond acceptors (Lipinski definition) is 5. The van der Waals surface area contributed by atoms with E-state index in [1.165, 1.54) is 6.42 Å². The number of carbonyl (C=O) groups is 4. The number of hydrogen-bond donors (Lipinski definition) is 2. The first-order valence-electron chi connectivity index (χ1n) is 13.1. The van der Waals surface area contributed by atoms with E-state index in [-0.39, 0.29) is 29.8 Å². The van der Waals surface area contributed by atoms with Crippen molar-refractivity contribution in [2.75, 3.05) is 19.6 Å². The average Bonchev–Trinajstić information content (AvgIpc) is 3.38. The molecule has 2 aliphatic carbocycles. The maximum absolute atomic E-state index is 13.5. The van der Waals surface area contributed by atoms with Crippen molar-refractivity contribution >= 4 is 23.5 Å². The van der Waals surface area contributed by atoms with Gasteiger partial charge in [0.2, 0.25) is 17.6 Å². The highest BCUT2D eigenvalue weighted by Crippen LogP contribution is 2.42. The van der Waals surface area contributed by atoms with Crippen LogP contribution in [0.4, 0.5) is 0 Å². The van der Waals surface area contributed by atoms with Gasteiger partial charge in [0.25, 0.3) is 5.91 Å². The molecule has 0 bridgehead atoms. The summed E-state index contributed by atoms with van der Waals surface area (Å²) in [4.78, 5) is 56.3. The summed E-state index contributed by atoms with van der Waals surface area (Å²) in [6.07, 6.45) is 9.37. The van der Waals surface area contributed by atoms with Crippen LogP contribution in [0.25, 0.3) is 0 Å². The standard InChI is InChI=1S/C25H40N4O4/c1-3-8-20(22(30)24(32)26-18-11-12-18)27-23(31)21-19-10-7-9-17(19)15-29(21)25(33)16(2)28-13-5-4-6-14-28/h16-21H,3-15H2,1-2H3,(H,26,32)(H,27,31)/t16-,17?,19?,20?,21?/m1/s1. The predicted molar refractivity (Wildman–Crippen MR) is 124 cm³/mol. The number of nitrogens with one attached hydrogen (secondary N) is 2. The van der Waals surface area contributed by atoms with Crippen LogP contribution in [0.1, 0.15) is 78.1 Å². The lowest BCUT2D eigenvalue weighted by atomic mass is 9.93. The number of nitrogens with zero attached hydrogens (tertiary/aromatic N) is 2. The van der Waals surface area contributed by atoms with Crippen molar-refractivity contribution in [3.05, 3.63) is 0 Å². The van der Waals surface area contributed by atoms with Gasteiger partial charge in [-0.05, 0) is 76.8 Å². The van der Waals surface area contributed by atoms with Gasteiger partial charge in [0.05, 0.1) is 12.1 Å². The number of rotatable bonds is 9. The van der Waals surface area contributed by atoms with E-state index in [0.29, 0.717) is 25.3 Å². The molecule has 0 spiro atoms. The summed E-state index contributed by atoms with van der Waals surface area (Å²) in [5.41, 5.74) is 0. The van der Waals surface area contributed by atoms with Crippen molar-refractivity contribution in [2.45, 2.75) is 102 Å². The number of carbonyl (C=O) groups excluding carboxylic acids is 4. The quantitative estimate of drug-likeness (QED) is 0.510. The molecule has 4 aliphatic rings. The van der Waals surface area contributed by atoms with Gasteiger partial charge >= 0.3 is 0 Å². The fraction of sp³-hybridized carbons (Fsp3) is 0.840. The van der Waals surface area contributed by atoms with Gasteiger partial charge in [-0.2, -0.15) is 0 Å². The first-order chi connectivity index (χ1) is 15.9. The van der Waals surface area contributed by atoms with E-state index < -0.39 is 23.8 Å². The molecule has 5 atom stereocenters. The third-order valence-corrected chi connectivity index (χ3v) is 8.08. The van der Waals surface area contributed by atoms with Crippen molar-refractivity contribution in [2.24, 2.45) is 11.8 Å². The molecule has 2 aliphatic heterocycles. The minimum absolute atomic E-state index is 0.0243. The second kappa shape index (κ2) is 10.5. The van der Waals surface area contributed by atoms with Crippen LogP contribution in [0.15, 0.2) is 0 Å². The van der Waals surface area contributed by atoms with Gasteiger partial charge in [0, 0.05) is 12.6 Å². The fourth-order valence-corrected chi connectivity index (χ4v) is 6.03. The van der Waals surface area contributed by atoms with Crippen molar-refractivity contribution in [3.8, 4) is 0 Å². The van der Waals surface area contributed by atoms with Gasteiger partial charge in [-0.15, -0.1) is 0 Å². The molecule has 184 valence electrons. The maximum Gasteiger partial charge on any atom is 0.289 e. The highest BCUT2D eigenvalue weighted by molar-refractivity contribution is 6.38. The third-order valence-electron chi connectivity index (χ3n) is 8.08. The Labute approximate surface area is 197 Å². The Balaban J connectivity index is 1.46. The van der Waals surface area contributed by atoms with E-state index in [1.807, 2.05) is 13.8 Å². The molecule has 2 heterocycles. The van der Waals surface area contributed by atoms with Crippen LogP contribution in [-0.4, -0.2) is 77.1 Å². The zero-order valence-electron chi connectivity index (χ0n) is 20.2. The van der Waals surface area contributed by atoms with Crippen molar-refractivity contribution in [1.29, 1.82) is 0 Å². The molecule has 2 saturated carbocycles. The summed E-state index contributed by atoms with van der Waals surface area (Å²) in [7, 11) is 0. The largest absolute Gasteiger partial charge is 0.347 e. The predicted octanol–water partition coefficient (Wildman–Crippen LogP) is 1.62. The average molecular weight is 461 g/mol. The van der Waals surface area contributed by atoms with Crippen LogP contribution in [0, 0.1) is 11.8 Å². The molecule has 2 N–H and O–H groups in total. The van der Waals surface area contributed by atoms with E-state index in [4.69, 9.17) is 0 Å². The van der Waals surface area contributed by atoms with Crippen molar-refractivity contribution < 1.29 is 19.2 Å². The molecule has 8 heteroatoms. The third kappa shape index (κ3) is 5.42. The molecule has 0 aromatic carbocycles. The van der Waals surface area contributed by atoms with Gasteiger partial charge in [-0.1, -0.05) is 26.2 Å². The van der Waals surface area contributed by atoms with Crippen LogP contribution in [0.2, 0.25) is 0 Å². The zero-order chi connectivity index (χ0) is 23.5. The summed E-state index contributed by atoms with van der Waals surface area (Å²) in [6.45, 7) is 6.36. The Morgan fingerprint density at radius 1 is 0.970 bits per heavy atom. The van der Waals surface area contributed by atoms with Crippen LogP contribution < -0.4 is 10.6 Å². The van der Waals surface area contributed by atoms with Gasteiger partial charge in [-0.25, -0.2) is 0 Å². The van der Waals surface area contributed by atoms with Crippen molar-refractivity contribution in [3.63, 3.8) is 0 Å². The van der Waals surface area contributed by atoms with E-state index in [2.05, 4.69) is 15.5 Å².